The van der Waals surface area contributed by atoms with Gasteiger partial charge in [-0.3, -0.25) is 9.59 Å². The molecule has 2 aromatic rings. The highest BCUT2D eigenvalue weighted by molar-refractivity contribution is 5.91. The molecular formula is C24H30N2O3. The molecule has 2 amide bonds. The van der Waals surface area contributed by atoms with Crippen LogP contribution in [0.3, 0.4) is 0 Å². The van der Waals surface area contributed by atoms with Gasteiger partial charge in [-0.15, -0.1) is 0 Å². The number of amides is 2. The molecule has 0 spiro atoms. The monoisotopic (exact) mass is 394 g/mol. The molecule has 29 heavy (non-hydrogen) atoms. The molecule has 1 N–H and O–H groups in total. The maximum atomic E-state index is 12.9. The van der Waals surface area contributed by atoms with E-state index in [0.717, 1.165) is 12.8 Å². The van der Waals surface area contributed by atoms with Gasteiger partial charge >= 0.3 is 0 Å². The second kappa shape index (κ2) is 8.85. The van der Waals surface area contributed by atoms with Crippen LogP contribution in [0.1, 0.15) is 61.1 Å². The average molecular weight is 395 g/mol. The Kier molecular flexibility index (Phi) is 6.02. The quantitative estimate of drug-likeness (QED) is 0.829. The van der Waals surface area contributed by atoms with Gasteiger partial charge in [0, 0.05) is 31.0 Å². The molecule has 4 rings (SSSR count). The van der Waals surface area contributed by atoms with E-state index in [1.54, 1.807) is 17.0 Å². The van der Waals surface area contributed by atoms with Crippen LogP contribution in [-0.4, -0.2) is 36.3 Å². The highest BCUT2D eigenvalue weighted by Gasteiger charge is 2.35. The number of piperidine rings is 1. The van der Waals surface area contributed by atoms with E-state index in [4.69, 9.17) is 4.42 Å². The molecule has 1 saturated carbocycles. The van der Waals surface area contributed by atoms with Crippen LogP contribution < -0.4 is 5.32 Å². The Morgan fingerprint density at radius 2 is 1.72 bits per heavy atom. The third kappa shape index (κ3) is 4.39. The first kappa shape index (κ1) is 19.7. The second-order valence-electron chi connectivity index (χ2n) is 8.47. The van der Waals surface area contributed by atoms with Gasteiger partial charge < -0.3 is 14.6 Å². The van der Waals surface area contributed by atoms with Crippen molar-refractivity contribution in [2.24, 2.45) is 5.92 Å². The Labute approximate surface area is 172 Å². The van der Waals surface area contributed by atoms with Crippen molar-refractivity contribution in [3.63, 3.8) is 0 Å². The van der Waals surface area contributed by atoms with Crippen molar-refractivity contribution < 1.29 is 14.0 Å². The number of hydrogen-bond acceptors (Lipinski definition) is 3. The van der Waals surface area contributed by atoms with E-state index in [1.807, 2.05) is 0 Å². The first-order valence-electron chi connectivity index (χ1n) is 10.8. The summed E-state index contributed by atoms with van der Waals surface area (Å²) in [5, 5.41) is 3.27. The van der Waals surface area contributed by atoms with Crippen molar-refractivity contribution in [1.29, 1.82) is 0 Å². The van der Waals surface area contributed by atoms with E-state index >= 15 is 0 Å². The number of nitrogens with one attached hydrogen (secondary N) is 1. The molecule has 0 bridgehead atoms. The summed E-state index contributed by atoms with van der Waals surface area (Å²) in [6, 6.07) is 14.1. The molecule has 2 heterocycles. The third-order valence-electron chi connectivity index (χ3n) is 6.68. The fourth-order valence-electron chi connectivity index (χ4n) is 4.89. The highest BCUT2D eigenvalue weighted by atomic mass is 16.3. The molecule has 1 aromatic heterocycles. The average Bonchev–Trinajstić information content (AvgIpc) is 3.33. The lowest BCUT2D eigenvalue weighted by Gasteiger charge is -2.39. The largest absolute Gasteiger partial charge is 0.459 e. The molecule has 1 aromatic carbocycles. The van der Waals surface area contributed by atoms with Crippen molar-refractivity contribution in [2.75, 3.05) is 19.6 Å². The molecule has 2 fully saturated rings. The van der Waals surface area contributed by atoms with Crippen molar-refractivity contribution in [3.8, 4) is 0 Å². The van der Waals surface area contributed by atoms with Gasteiger partial charge in [-0.1, -0.05) is 49.6 Å². The smallest absolute Gasteiger partial charge is 0.289 e. The van der Waals surface area contributed by atoms with Gasteiger partial charge in [-0.25, -0.2) is 0 Å². The van der Waals surface area contributed by atoms with E-state index < -0.39 is 0 Å². The minimum absolute atomic E-state index is 0.0212. The normalized spacial score (nSPS) is 19.7. The van der Waals surface area contributed by atoms with E-state index in [0.29, 0.717) is 38.2 Å². The molecule has 5 heteroatoms. The zero-order chi connectivity index (χ0) is 20.1. The summed E-state index contributed by atoms with van der Waals surface area (Å²) in [5.41, 5.74) is 1.41. The summed E-state index contributed by atoms with van der Waals surface area (Å²) >= 11 is 0. The standard InChI is InChI=1S/C24H30N2O3/c27-22(19-11-15-26(16-12-19)23(28)21-10-7-17-29-21)25-18-24(13-5-2-6-14-24)20-8-3-1-4-9-20/h1,3-4,7-10,17,19H,2,5-6,11-16,18H2,(H,25,27). The molecule has 5 nitrogen and oxygen atoms in total. The van der Waals surface area contributed by atoms with Crippen LogP contribution in [0.15, 0.2) is 53.1 Å². The lowest BCUT2D eigenvalue weighted by molar-refractivity contribution is -0.126. The van der Waals surface area contributed by atoms with Crippen LogP contribution in [0.2, 0.25) is 0 Å². The molecular weight excluding hydrogens is 364 g/mol. The van der Waals surface area contributed by atoms with Gasteiger partial charge in [-0.05, 0) is 43.4 Å². The number of hydrogen-bond donors (Lipinski definition) is 1. The van der Waals surface area contributed by atoms with Crippen LogP contribution in [0.4, 0.5) is 0 Å². The second-order valence-corrected chi connectivity index (χ2v) is 8.47. The molecule has 0 unspecified atom stereocenters. The van der Waals surface area contributed by atoms with E-state index in [9.17, 15) is 9.59 Å². The lowest BCUT2D eigenvalue weighted by atomic mass is 9.69. The molecule has 0 atom stereocenters. The highest BCUT2D eigenvalue weighted by Crippen LogP contribution is 2.39. The molecule has 154 valence electrons. The maximum absolute atomic E-state index is 12.9. The Morgan fingerprint density at radius 3 is 2.38 bits per heavy atom. The van der Waals surface area contributed by atoms with Crippen molar-refractivity contribution in [2.45, 2.75) is 50.4 Å². The van der Waals surface area contributed by atoms with E-state index in [1.165, 1.54) is 31.1 Å². The van der Waals surface area contributed by atoms with Crippen LogP contribution in [0.25, 0.3) is 0 Å². The topological polar surface area (TPSA) is 62.6 Å². The predicted octanol–water partition coefficient (Wildman–Crippen LogP) is 4.15. The number of benzene rings is 1. The van der Waals surface area contributed by atoms with E-state index in [2.05, 4.69) is 35.6 Å². The molecule has 1 aliphatic heterocycles. The number of likely N-dealkylation sites (tertiary alicyclic amines) is 1. The summed E-state index contributed by atoms with van der Waals surface area (Å²) in [6.45, 7) is 1.91. The first-order chi connectivity index (χ1) is 14.2. The predicted molar refractivity (Wildman–Crippen MR) is 112 cm³/mol. The Morgan fingerprint density at radius 1 is 1.00 bits per heavy atom. The summed E-state index contributed by atoms with van der Waals surface area (Å²) in [4.78, 5) is 27.1. The third-order valence-corrected chi connectivity index (χ3v) is 6.68. The lowest BCUT2D eigenvalue weighted by Crippen LogP contribution is -2.47. The van der Waals surface area contributed by atoms with Crippen LogP contribution in [0, 0.1) is 5.92 Å². The molecule has 1 aliphatic carbocycles. The summed E-state index contributed by atoms with van der Waals surface area (Å²) in [5.74, 6) is 0.400. The molecule has 2 aliphatic rings. The van der Waals surface area contributed by atoms with Gasteiger partial charge in [0.05, 0.1) is 6.26 Å². The Balaban J connectivity index is 1.33. The zero-order valence-corrected chi connectivity index (χ0v) is 16.9. The molecule has 1 saturated heterocycles. The number of carbonyl (C=O) groups excluding carboxylic acids is 2. The minimum Gasteiger partial charge on any atom is -0.459 e. The zero-order valence-electron chi connectivity index (χ0n) is 16.9. The molecule has 0 radical (unpaired) electrons. The summed E-state index contributed by atoms with van der Waals surface area (Å²) in [7, 11) is 0. The van der Waals surface area contributed by atoms with E-state index in [-0.39, 0.29) is 23.1 Å². The summed E-state index contributed by atoms with van der Waals surface area (Å²) in [6.07, 6.45) is 8.91. The minimum atomic E-state index is -0.0842. The number of rotatable bonds is 5. The summed E-state index contributed by atoms with van der Waals surface area (Å²) < 4.78 is 5.21. The van der Waals surface area contributed by atoms with Gasteiger partial charge in [-0.2, -0.15) is 0 Å². The van der Waals surface area contributed by atoms with Gasteiger partial charge in [0.25, 0.3) is 5.91 Å². The van der Waals surface area contributed by atoms with Crippen LogP contribution in [0.5, 0.6) is 0 Å². The van der Waals surface area contributed by atoms with Gasteiger partial charge in [0.1, 0.15) is 0 Å². The number of furan rings is 1. The fourth-order valence-corrected chi connectivity index (χ4v) is 4.89. The van der Waals surface area contributed by atoms with Crippen LogP contribution >= 0.6 is 0 Å². The van der Waals surface area contributed by atoms with Crippen LogP contribution in [-0.2, 0) is 10.2 Å². The SMILES string of the molecule is O=C(NCC1(c2ccccc2)CCCCC1)C1CCN(C(=O)c2ccco2)CC1. The van der Waals surface area contributed by atoms with Crippen molar-refractivity contribution >= 4 is 11.8 Å². The van der Waals surface area contributed by atoms with Gasteiger partial charge in [0.15, 0.2) is 5.76 Å². The Bertz CT molecular complexity index is 802. The fraction of sp³-hybridized carbons (Fsp3) is 0.500. The van der Waals surface area contributed by atoms with Crippen molar-refractivity contribution in [3.05, 3.63) is 60.1 Å². The number of carbonyl (C=O) groups is 2. The maximum Gasteiger partial charge on any atom is 0.289 e. The van der Waals surface area contributed by atoms with Crippen molar-refractivity contribution in [1.82, 2.24) is 10.2 Å². The Hall–Kier alpha value is -2.56. The van der Waals surface area contributed by atoms with Gasteiger partial charge in [0.2, 0.25) is 5.91 Å². The number of nitrogens with zero attached hydrogens (tertiary/aromatic N) is 1. The first-order valence-corrected chi connectivity index (χ1v) is 10.8.